The SMILES string of the molecule is CC(C)OCCCn1c(SCc2ccon2)nc2cc(Cl)ccc2c1=O. The molecule has 2 aromatic heterocycles. The van der Waals surface area contributed by atoms with Gasteiger partial charge in [0.25, 0.3) is 5.56 Å². The second-order valence-corrected chi connectivity index (χ2v) is 7.44. The molecule has 0 spiro atoms. The van der Waals surface area contributed by atoms with E-state index in [1.807, 2.05) is 13.8 Å². The average molecular weight is 394 g/mol. The van der Waals surface area contributed by atoms with Gasteiger partial charge in [-0.3, -0.25) is 9.36 Å². The van der Waals surface area contributed by atoms with Crippen molar-refractivity contribution < 1.29 is 9.26 Å². The standard InChI is InChI=1S/C18H20ClN3O3S/c1-12(2)24-8-3-7-22-17(23)15-5-4-13(19)10-16(15)20-18(22)26-11-14-6-9-25-21-14/h4-6,9-10,12H,3,7-8,11H2,1-2H3. The van der Waals surface area contributed by atoms with Gasteiger partial charge in [0.1, 0.15) is 6.26 Å². The molecule has 0 bridgehead atoms. The first-order valence-electron chi connectivity index (χ1n) is 8.38. The topological polar surface area (TPSA) is 70.2 Å². The maximum Gasteiger partial charge on any atom is 0.262 e. The van der Waals surface area contributed by atoms with Crippen LogP contribution in [0.1, 0.15) is 26.0 Å². The molecule has 1 aromatic carbocycles. The quantitative estimate of drug-likeness (QED) is 0.325. The molecule has 0 amide bonds. The summed E-state index contributed by atoms with van der Waals surface area (Å²) < 4.78 is 12.1. The first kappa shape index (κ1) is 18.9. The molecule has 0 radical (unpaired) electrons. The van der Waals surface area contributed by atoms with Gasteiger partial charge in [0.15, 0.2) is 5.16 Å². The Balaban J connectivity index is 1.89. The first-order valence-corrected chi connectivity index (χ1v) is 9.74. The Morgan fingerprint density at radius 2 is 2.19 bits per heavy atom. The van der Waals surface area contributed by atoms with Gasteiger partial charge in [-0.25, -0.2) is 4.98 Å². The van der Waals surface area contributed by atoms with Crippen LogP contribution < -0.4 is 5.56 Å². The van der Waals surface area contributed by atoms with E-state index in [0.717, 1.165) is 12.1 Å². The number of halogens is 1. The van der Waals surface area contributed by atoms with Crippen LogP contribution in [-0.2, 0) is 17.0 Å². The first-order chi connectivity index (χ1) is 12.5. The lowest BCUT2D eigenvalue weighted by atomic mass is 10.2. The molecule has 3 rings (SSSR count). The Morgan fingerprint density at radius 1 is 1.35 bits per heavy atom. The number of nitrogens with zero attached hydrogens (tertiary/aromatic N) is 3. The van der Waals surface area contributed by atoms with Crippen molar-refractivity contribution >= 4 is 34.3 Å². The van der Waals surface area contributed by atoms with Crippen molar-refractivity contribution in [2.24, 2.45) is 0 Å². The lowest BCUT2D eigenvalue weighted by Crippen LogP contribution is -2.24. The molecule has 0 saturated heterocycles. The number of hydrogen-bond acceptors (Lipinski definition) is 6. The zero-order valence-corrected chi connectivity index (χ0v) is 16.2. The van der Waals surface area contributed by atoms with Crippen LogP contribution in [0.2, 0.25) is 5.02 Å². The van der Waals surface area contributed by atoms with E-state index in [9.17, 15) is 4.79 Å². The Morgan fingerprint density at radius 3 is 2.92 bits per heavy atom. The Labute approximate surface area is 160 Å². The summed E-state index contributed by atoms with van der Waals surface area (Å²) >= 11 is 7.51. The highest BCUT2D eigenvalue weighted by Crippen LogP contribution is 2.23. The molecular formula is C18H20ClN3O3S. The summed E-state index contributed by atoms with van der Waals surface area (Å²) in [6.45, 7) is 5.12. The van der Waals surface area contributed by atoms with E-state index < -0.39 is 0 Å². The number of rotatable bonds is 8. The van der Waals surface area contributed by atoms with Crippen LogP contribution in [0, 0.1) is 0 Å². The minimum atomic E-state index is -0.0705. The van der Waals surface area contributed by atoms with Crippen molar-refractivity contribution in [2.75, 3.05) is 6.61 Å². The van der Waals surface area contributed by atoms with Crippen LogP contribution in [0.5, 0.6) is 0 Å². The summed E-state index contributed by atoms with van der Waals surface area (Å²) in [5.74, 6) is 0.567. The van der Waals surface area contributed by atoms with E-state index >= 15 is 0 Å². The highest BCUT2D eigenvalue weighted by atomic mass is 35.5. The van der Waals surface area contributed by atoms with Gasteiger partial charge in [0, 0.05) is 30.0 Å². The van der Waals surface area contributed by atoms with Gasteiger partial charge >= 0.3 is 0 Å². The molecule has 3 aromatic rings. The van der Waals surface area contributed by atoms with Crippen LogP contribution >= 0.6 is 23.4 Å². The molecule has 0 aliphatic rings. The minimum absolute atomic E-state index is 0.0705. The molecule has 26 heavy (non-hydrogen) atoms. The summed E-state index contributed by atoms with van der Waals surface area (Å²) in [7, 11) is 0. The van der Waals surface area contributed by atoms with E-state index in [1.54, 1.807) is 28.8 Å². The third kappa shape index (κ3) is 4.66. The van der Waals surface area contributed by atoms with Crippen LogP contribution in [0.25, 0.3) is 10.9 Å². The number of benzene rings is 1. The normalized spacial score (nSPS) is 11.5. The molecule has 0 fully saturated rings. The minimum Gasteiger partial charge on any atom is -0.379 e. The van der Waals surface area contributed by atoms with Crippen molar-refractivity contribution in [1.82, 2.24) is 14.7 Å². The zero-order valence-electron chi connectivity index (χ0n) is 14.6. The summed E-state index contributed by atoms with van der Waals surface area (Å²) in [4.78, 5) is 17.6. The summed E-state index contributed by atoms with van der Waals surface area (Å²) in [5.41, 5.74) is 1.32. The molecule has 138 valence electrons. The fourth-order valence-corrected chi connectivity index (χ4v) is 3.56. The Kier molecular flexibility index (Phi) is 6.34. The molecule has 0 unspecified atom stereocenters. The fraction of sp³-hybridized carbons (Fsp3) is 0.389. The van der Waals surface area contributed by atoms with Gasteiger partial charge in [0.2, 0.25) is 0 Å². The molecule has 0 atom stereocenters. The van der Waals surface area contributed by atoms with Crippen molar-refractivity contribution in [2.45, 2.75) is 43.8 Å². The van der Waals surface area contributed by atoms with Gasteiger partial charge in [0.05, 0.1) is 22.7 Å². The lowest BCUT2D eigenvalue weighted by molar-refractivity contribution is 0.0743. The van der Waals surface area contributed by atoms with E-state index in [1.165, 1.54) is 18.0 Å². The van der Waals surface area contributed by atoms with Crippen LogP contribution in [0.15, 0.2) is 45.0 Å². The maximum atomic E-state index is 12.9. The van der Waals surface area contributed by atoms with Crippen LogP contribution in [-0.4, -0.2) is 27.4 Å². The highest BCUT2D eigenvalue weighted by Gasteiger charge is 2.13. The van der Waals surface area contributed by atoms with E-state index in [-0.39, 0.29) is 11.7 Å². The molecule has 0 N–H and O–H groups in total. The Hall–Kier alpha value is -1.83. The van der Waals surface area contributed by atoms with Gasteiger partial charge in [-0.05, 0) is 38.5 Å². The molecule has 0 aliphatic carbocycles. The smallest absolute Gasteiger partial charge is 0.262 e. The van der Waals surface area contributed by atoms with Crippen molar-refractivity contribution in [3.05, 3.63) is 51.6 Å². The number of fused-ring (bicyclic) bond motifs is 1. The van der Waals surface area contributed by atoms with Crippen molar-refractivity contribution in [3.8, 4) is 0 Å². The number of thioether (sulfide) groups is 1. The van der Waals surface area contributed by atoms with E-state index in [0.29, 0.717) is 40.0 Å². The second kappa shape index (κ2) is 8.70. The highest BCUT2D eigenvalue weighted by molar-refractivity contribution is 7.98. The molecule has 0 aliphatic heterocycles. The van der Waals surface area contributed by atoms with Crippen LogP contribution in [0.4, 0.5) is 0 Å². The fourth-order valence-electron chi connectivity index (χ4n) is 2.47. The summed E-state index contributed by atoms with van der Waals surface area (Å²) in [6, 6.07) is 6.94. The predicted molar refractivity (Wildman–Crippen MR) is 103 cm³/mol. The van der Waals surface area contributed by atoms with Gasteiger partial charge in [-0.15, -0.1) is 0 Å². The van der Waals surface area contributed by atoms with Gasteiger partial charge in [-0.1, -0.05) is 28.5 Å². The number of hydrogen-bond donors (Lipinski definition) is 0. The summed E-state index contributed by atoms with van der Waals surface area (Å²) in [6.07, 6.45) is 2.43. The van der Waals surface area contributed by atoms with Gasteiger partial charge in [-0.2, -0.15) is 0 Å². The second-order valence-electron chi connectivity index (χ2n) is 6.07. The molecule has 6 nitrogen and oxygen atoms in total. The number of aromatic nitrogens is 3. The molecule has 8 heteroatoms. The van der Waals surface area contributed by atoms with Crippen molar-refractivity contribution in [1.29, 1.82) is 0 Å². The monoisotopic (exact) mass is 393 g/mol. The van der Waals surface area contributed by atoms with Gasteiger partial charge < -0.3 is 9.26 Å². The molecule has 0 saturated carbocycles. The Bertz CT molecular complexity index is 925. The molecule has 2 heterocycles. The summed E-state index contributed by atoms with van der Waals surface area (Å²) in [5, 5.41) is 5.65. The van der Waals surface area contributed by atoms with E-state index in [2.05, 4.69) is 10.1 Å². The average Bonchev–Trinajstić information content (AvgIpc) is 3.11. The third-order valence-electron chi connectivity index (χ3n) is 3.70. The van der Waals surface area contributed by atoms with E-state index in [4.69, 9.17) is 20.9 Å². The van der Waals surface area contributed by atoms with Crippen molar-refractivity contribution in [3.63, 3.8) is 0 Å². The predicted octanol–water partition coefficient (Wildman–Crippen LogP) is 4.15. The zero-order chi connectivity index (χ0) is 18.5. The number of ether oxygens (including phenoxy) is 1. The van der Waals surface area contributed by atoms with Crippen LogP contribution in [0.3, 0.4) is 0 Å². The largest absolute Gasteiger partial charge is 0.379 e. The molecular weight excluding hydrogens is 374 g/mol. The lowest BCUT2D eigenvalue weighted by Gasteiger charge is -2.13. The maximum absolute atomic E-state index is 12.9. The third-order valence-corrected chi connectivity index (χ3v) is 4.95.